The number of nitrogens with one attached hydrogen (secondary N) is 1. The molecule has 0 bridgehead atoms. The van der Waals surface area contributed by atoms with Crippen LogP contribution in [0.3, 0.4) is 0 Å². The average Bonchev–Trinajstić information content (AvgIpc) is 2.35. The molecule has 3 N–H and O–H groups in total. The molecule has 0 saturated carbocycles. The number of carboxylic acid groups (broad SMARTS) is 1. The molecule has 21 heavy (non-hydrogen) atoms. The lowest BCUT2D eigenvalue weighted by atomic mass is 9.87. The zero-order chi connectivity index (χ0) is 16.4. The quantitative estimate of drug-likeness (QED) is 0.799. The summed E-state index contributed by atoms with van der Waals surface area (Å²) < 4.78 is 0. The van der Waals surface area contributed by atoms with Crippen molar-refractivity contribution >= 4 is 17.7 Å². The molecule has 0 aliphatic carbocycles. The number of hydrogen-bond acceptors (Lipinski definition) is 3. The number of aromatic hydroxyl groups is 1. The van der Waals surface area contributed by atoms with Gasteiger partial charge in [0.2, 0.25) is 0 Å². The van der Waals surface area contributed by atoms with Gasteiger partial charge in [-0.25, -0.2) is 9.59 Å². The van der Waals surface area contributed by atoms with Crippen molar-refractivity contribution in [3.05, 3.63) is 23.8 Å². The summed E-state index contributed by atoms with van der Waals surface area (Å²) in [7, 11) is 1.69. The Hall–Kier alpha value is -2.24. The molecule has 0 spiro atoms. The van der Waals surface area contributed by atoms with Crippen LogP contribution in [0.4, 0.5) is 10.5 Å². The Morgan fingerprint density at radius 1 is 1.29 bits per heavy atom. The fraction of sp³-hybridized carbons (Fsp3) is 0.467. The number of carbonyl (C=O) groups is 2. The molecule has 1 unspecified atom stereocenters. The van der Waals surface area contributed by atoms with Crippen LogP contribution in [0.1, 0.15) is 38.1 Å². The molecule has 6 nitrogen and oxygen atoms in total. The number of carboxylic acids is 1. The summed E-state index contributed by atoms with van der Waals surface area (Å²) in [6, 6.07) is 3.60. The maximum atomic E-state index is 12.1. The van der Waals surface area contributed by atoms with Gasteiger partial charge < -0.3 is 20.4 Å². The van der Waals surface area contributed by atoms with Crippen molar-refractivity contribution in [2.45, 2.75) is 33.7 Å². The van der Waals surface area contributed by atoms with E-state index in [4.69, 9.17) is 5.11 Å². The Kier molecular flexibility index (Phi) is 4.83. The van der Waals surface area contributed by atoms with Gasteiger partial charge in [-0.2, -0.15) is 0 Å². The fourth-order valence-electron chi connectivity index (χ4n) is 1.76. The van der Waals surface area contributed by atoms with Crippen LogP contribution in [0, 0.1) is 5.41 Å². The number of nitrogens with zero attached hydrogens (tertiary/aromatic N) is 1. The highest BCUT2D eigenvalue weighted by molar-refractivity contribution is 5.94. The fourth-order valence-corrected chi connectivity index (χ4v) is 1.76. The van der Waals surface area contributed by atoms with Crippen molar-refractivity contribution in [3.63, 3.8) is 0 Å². The molecule has 116 valence electrons. The summed E-state index contributed by atoms with van der Waals surface area (Å²) >= 11 is 0. The maximum Gasteiger partial charge on any atom is 0.339 e. The molecule has 1 aromatic carbocycles. The van der Waals surface area contributed by atoms with E-state index in [0.29, 0.717) is 5.69 Å². The van der Waals surface area contributed by atoms with Crippen LogP contribution in [0.25, 0.3) is 0 Å². The van der Waals surface area contributed by atoms with E-state index in [1.807, 2.05) is 27.7 Å². The van der Waals surface area contributed by atoms with Gasteiger partial charge in [0, 0.05) is 24.8 Å². The minimum absolute atomic E-state index is 0.00406. The molecule has 0 heterocycles. The summed E-state index contributed by atoms with van der Waals surface area (Å²) in [5.41, 5.74) is 0.0707. The minimum atomic E-state index is -1.22. The van der Waals surface area contributed by atoms with E-state index in [1.165, 1.54) is 18.2 Å². The van der Waals surface area contributed by atoms with Gasteiger partial charge in [0.1, 0.15) is 11.3 Å². The van der Waals surface area contributed by atoms with Crippen LogP contribution < -0.4 is 5.32 Å². The molecular formula is C15H22N2O4. The van der Waals surface area contributed by atoms with Gasteiger partial charge in [-0.1, -0.05) is 20.8 Å². The predicted octanol–water partition coefficient (Wildman–Crippen LogP) is 2.99. The van der Waals surface area contributed by atoms with E-state index in [-0.39, 0.29) is 28.8 Å². The topological polar surface area (TPSA) is 89.9 Å². The number of anilines is 1. The predicted molar refractivity (Wildman–Crippen MR) is 80.8 cm³/mol. The number of urea groups is 1. The summed E-state index contributed by atoms with van der Waals surface area (Å²) in [6.07, 6.45) is 0. The zero-order valence-electron chi connectivity index (χ0n) is 13.0. The van der Waals surface area contributed by atoms with Crippen molar-refractivity contribution in [2.75, 3.05) is 12.4 Å². The first-order valence-electron chi connectivity index (χ1n) is 6.64. The second-order valence-corrected chi connectivity index (χ2v) is 6.12. The molecule has 1 atom stereocenters. The highest BCUT2D eigenvalue weighted by Gasteiger charge is 2.27. The molecule has 0 aliphatic rings. The molecule has 2 amide bonds. The second-order valence-electron chi connectivity index (χ2n) is 6.12. The second kappa shape index (κ2) is 6.03. The van der Waals surface area contributed by atoms with Gasteiger partial charge in [-0.3, -0.25) is 0 Å². The lowest BCUT2D eigenvalue weighted by molar-refractivity contribution is 0.0694. The zero-order valence-corrected chi connectivity index (χ0v) is 13.0. The van der Waals surface area contributed by atoms with Gasteiger partial charge in [0.25, 0.3) is 0 Å². The molecule has 0 radical (unpaired) electrons. The van der Waals surface area contributed by atoms with Gasteiger partial charge in [-0.15, -0.1) is 0 Å². The van der Waals surface area contributed by atoms with E-state index in [1.54, 1.807) is 11.9 Å². The molecule has 1 aromatic rings. The Morgan fingerprint density at radius 2 is 1.86 bits per heavy atom. The first kappa shape index (κ1) is 16.8. The first-order chi connectivity index (χ1) is 9.54. The van der Waals surface area contributed by atoms with Gasteiger partial charge in [0.05, 0.1) is 0 Å². The van der Waals surface area contributed by atoms with Crippen molar-refractivity contribution in [1.82, 2.24) is 4.90 Å². The summed E-state index contributed by atoms with van der Waals surface area (Å²) in [6.45, 7) is 8.06. The number of aromatic carboxylic acids is 1. The van der Waals surface area contributed by atoms with Crippen LogP contribution >= 0.6 is 0 Å². The smallest absolute Gasteiger partial charge is 0.339 e. The van der Waals surface area contributed by atoms with E-state index >= 15 is 0 Å². The van der Waals surface area contributed by atoms with Crippen molar-refractivity contribution in [1.29, 1.82) is 0 Å². The van der Waals surface area contributed by atoms with E-state index in [0.717, 1.165) is 0 Å². The van der Waals surface area contributed by atoms with Crippen LogP contribution in [0.15, 0.2) is 18.2 Å². The summed E-state index contributed by atoms with van der Waals surface area (Å²) in [5, 5.41) is 21.1. The van der Waals surface area contributed by atoms with E-state index in [9.17, 15) is 14.7 Å². The van der Waals surface area contributed by atoms with Crippen molar-refractivity contribution < 1.29 is 19.8 Å². The largest absolute Gasteiger partial charge is 0.507 e. The maximum absolute atomic E-state index is 12.1. The first-order valence-corrected chi connectivity index (χ1v) is 6.64. The Morgan fingerprint density at radius 3 is 2.29 bits per heavy atom. The highest BCUT2D eigenvalue weighted by atomic mass is 16.4. The number of amides is 2. The number of hydrogen-bond donors (Lipinski definition) is 3. The third-order valence-corrected chi connectivity index (χ3v) is 3.63. The van der Waals surface area contributed by atoms with Crippen molar-refractivity contribution in [2.24, 2.45) is 5.41 Å². The summed E-state index contributed by atoms with van der Waals surface area (Å²) in [4.78, 5) is 24.5. The molecule has 0 saturated heterocycles. The highest BCUT2D eigenvalue weighted by Crippen LogP contribution is 2.25. The normalized spacial score (nSPS) is 12.6. The molecule has 0 aliphatic heterocycles. The monoisotopic (exact) mass is 294 g/mol. The Labute approximate surface area is 124 Å². The molecule has 6 heteroatoms. The number of carbonyl (C=O) groups excluding carboxylic acids is 1. The number of phenols is 1. The van der Waals surface area contributed by atoms with Crippen LogP contribution in [0.5, 0.6) is 5.75 Å². The minimum Gasteiger partial charge on any atom is -0.507 e. The lowest BCUT2D eigenvalue weighted by Gasteiger charge is -2.35. The molecular weight excluding hydrogens is 272 g/mol. The number of benzene rings is 1. The van der Waals surface area contributed by atoms with Gasteiger partial charge in [-0.05, 0) is 24.5 Å². The van der Waals surface area contributed by atoms with Crippen molar-refractivity contribution in [3.8, 4) is 5.75 Å². The van der Waals surface area contributed by atoms with Crippen LogP contribution in [0.2, 0.25) is 0 Å². The third-order valence-electron chi connectivity index (χ3n) is 3.63. The third kappa shape index (κ3) is 4.11. The van der Waals surface area contributed by atoms with Crippen LogP contribution in [-0.2, 0) is 0 Å². The van der Waals surface area contributed by atoms with E-state index < -0.39 is 5.97 Å². The molecule has 0 fully saturated rings. The standard InChI is InChI=1S/C15H22N2O4/c1-9(15(2,3)4)17(5)14(21)16-10-6-7-11(13(19)20)12(18)8-10/h6-9,18H,1-5H3,(H,16,21)(H,19,20). The van der Waals surface area contributed by atoms with Gasteiger partial charge >= 0.3 is 12.0 Å². The lowest BCUT2D eigenvalue weighted by Crippen LogP contribution is -2.44. The molecule has 0 aromatic heterocycles. The summed E-state index contributed by atoms with van der Waals surface area (Å²) in [5.74, 6) is -1.60. The SMILES string of the molecule is CC(N(C)C(=O)Nc1ccc(C(=O)O)c(O)c1)C(C)(C)C. The Bertz CT molecular complexity index is 549. The number of rotatable bonds is 3. The van der Waals surface area contributed by atoms with Gasteiger partial charge in [0.15, 0.2) is 0 Å². The van der Waals surface area contributed by atoms with Crippen LogP contribution in [-0.4, -0.2) is 40.2 Å². The Balaban J connectivity index is 2.84. The average molecular weight is 294 g/mol. The van der Waals surface area contributed by atoms with E-state index in [2.05, 4.69) is 5.32 Å². The molecule has 1 rings (SSSR count).